The van der Waals surface area contributed by atoms with Gasteiger partial charge in [-0.15, -0.1) is 10.2 Å². The predicted octanol–water partition coefficient (Wildman–Crippen LogP) is 2.26. The molecule has 0 aromatic carbocycles. The highest BCUT2D eigenvalue weighted by atomic mass is 79.9. The first-order chi connectivity index (χ1) is 6.43. The molecule has 0 radical (unpaired) electrons. The average Bonchev–Trinajstić information content (AvgIpc) is 2.45. The van der Waals surface area contributed by atoms with Crippen molar-refractivity contribution in [2.75, 3.05) is 5.32 Å². The molecule has 0 bridgehead atoms. The maximum atomic E-state index is 9.83. The lowest BCUT2D eigenvalue weighted by atomic mass is 9.97. The van der Waals surface area contributed by atoms with Gasteiger partial charge in [0.05, 0.1) is 11.6 Å². The molecular weight excluding hydrogens is 266 g/mol. The van der Waals surface area contributed by atoms with Crippen LogP contribution >= 0.6 is 27.3 Å². The molecule has 0 aliphatic heterocycles. The second-order valence-electron chi connectivity index (χ2n) is 3.62. The zero-order valence-corrected chi connectivity index (χ0v) is 10.8. The molecule has 0 saturated carbocycles. The first kappa shape index (κ1) is 11.9. The topological polar surface area (TPSA) is 58.0 Å². The van der Waals surface area contributed by atoms with Crippen LogP contribution in [0.2, 0.25) is 0 Å². The Morgan fingerprint density at radius 2 is 2.21 bits per heavy atom. The van der Waals surface area contributed by atoms with Gasteiger partial charge in [0.15, 0.2) is 3.92 Å². The number of nitrogens with zero attached hydrogens (tertiary/aromatic N) is 2. The van der Waals surface area contributed by atoms with Gasteiger partial charge >= 0.3 is 0 Å². The van der Waals surface area contributed by atoms with Gasteiger partial charge in [0.25, 0.3) is 0 Å². The van der Waals surface area contributed by atoms with Crippen molar-refractivity contribution < 1.29 is 5.11 Å². The Balaban J connectivity index is 2.66. The number of aromatic nitrogens is 2. The highest BCUT2D eigenvalue weighted by Gasteiger charge is 2.25. The molecule has 1 atom stereocenters. The van der Waals surface area contributed by atoms with Crippen LogP contribution in [-0.2, 0) is 0 Å². The molecule has 1 unspecified atom stereocenters. The molecule has 14 heavy (non-hydrogen) atoms. The normalized spacial score (nSPS) is 14.1. The number of nitrogens with one attached hydrogen (secondary N) is 1. The van der Waals surface area contributed by atoms with Crippen LogP contribution in [-0.4, -0.2) is 26.9 Å². The maximum Gasteiger partial charge on any atom is 0.206 e. The summed E-state index contributed by atoms with van der Waals surface area (Å²) in [5.74, 6) is 0. The van der Waals surface area contributed by atoms with Gasteiger partial charge in [0.1, 0.15) is 0 Å². The van der Waals surface area contributed by atoms with Gasteiger partial charge in [-0.1, -0.05) is 18.3 Å². The van der Waals surface area contributed by atoms with E-state index in [4.69, 9.17) is 0 Å². The molecule has 0 fully saturated rings. The Bertz CT molecular complexity index is 297. The summed E-state index contributed by atoms with van der Waals surface area (Å²) < 4.78 is 0.741. The monoisotopic (exact) mass is 279 g/mol. The summed E-state index contributed by atoms with van der Waals surface area (Å²) >= 11 is 4.66. The van der Waals surface area contributed by atoms with Crippen LogP contribution in [0.5, 0.6) is 0 Å². The summed E-state index contributed by atoms with van der Waals surface area (Å²) in [6.45, 7) is 5.58. The Kier molecular flexibility index (Phi) is 3.86. The van der Waals surface area contributed by atoms with Crippen LogP contribution in [0.1, 0.15) is 27.2 Å². The van der Waals surface area contributed by atoms with Crippen LogP contribution < -0.4 is 5.32 Å². The van der Waals surface area contributed by atoms with E-state index in [0.717, 1.165) is 15.5 Å². The Labute approximate surface area is 95.9 Å². The predicted molar refractivity (Wildman–Crippen MR) is 61.6 cm³/mol. The Morgan fingerprint density at radius 3 is 2.57 bits per heavy atom. The fourth-order valence-corrected chi connectivity index (χ4v) is 2.25. The fourth-order valence-electron chi connectivity index (χ4n) is 1.19. The van der Waals surface area contributed by atoms with E-state index in [1.54, 1.807) is 13.8 Å². The summed E-state index contributed by atoms with van der Waals surface area (Å²) in [7, 11) is 0. The highest BCUT2D eigenvalue weighted by molar-refractivity contribution is 9.11. The minimum absolute atomic E-state index is 0.0117. The average molecular weight is 280 g/mol. The molecule has 0 amide bonds. The van der Waals surface area contributed by atoms with Crippen molar-refractivity contribution in [3.05, 3.63) is 3.92 Å². The van der Waals surface area contributed by atoms with Crippen molar-refractivity contribution in [2.24, 2.45) is 0 Å². The molecule has 6 heteroatoms. The van der Waals surface area contributed by atoms with Crippen molar-refractivity contribution in [2.45, 2.75) is 38.8 Å². The smallest absolute Gasteiger partial charge is 0.206 e. The molecule has 4 nitrogen and oxygen atoms in total. The van der Waals surface area contributed by atoms with E-state index in [9.17, 15) is 5.11 Å². The molecule has 0 spiro atoms. The quantitative estimate of drug-likeness (QED) is 0.888. The first-order valence-electron chi connectivity index (χ1n) is 4.41. The molecule has 0 aliphatic carbocycles. The number of aliphatic hydroxyl groups is 1. The van der Waals surface area contributed by atoms with Crippen LogP contribution in [0.4, 0.5) is 5.13 Å². The number of hydrogen-bond acceptors (Lipinski definition) is 5. The van der Waals surface area contributed by atoms with E-state index in [0.29, 0.717) is 0 Å². The molecule has 1 aromatic heterocycles. The van der Waals surface area contributed by atoms with Crippen molar-refractivity contribution in [3.63, 3.8) is 0 Å². The molecule has 0 saturated heterocycles. The first-order valence-corrected chi connectivity index (χ1v) is 6.02. The third-order valence-corrected chi connectivity index (χ3v) is 3.25. The molecule has 2 N–H and O–H groups in total. The van der Waals surface area contributed by atoms with Gasteiger partial charge < -0.3 is 10.4 Å². The van der Waals surface area contributed by atoms with Gasteiger partial charge in [0.2, 0.25) is 5.13 Å². The van der Waals surface area contributed by atoms with E-state index < -0.39 is 5.60 Å². The number of hydrogen-bond donors (Lipinski definition) is 2. The zero-order chi connectivity index (χ0) is 10.8. The molecule has 0 aliphatic rings. The largest absolute Gasteiger partial charge is 0.388 e. The lowest BCUT2D eigenvalue weighted by molar-refractivity contribution is 0.0579. The van der Waals surface area contributed by atoms with E-state index in [1.807, 2.05) is 6.92 Å². The number of halogens is 1. The maximum absolute atomic E-state index is 9.83. The van der Waals surface area contributed by atoms with Gasteiger partial charge in [-0.25, -0.2) is 0 Å². The van der Waals surface area contributed by atoms with Crippen LogP contribution in [0, 0.1) is 0 Å². The van der Waals surface area contributed by atoms with Crippen molar-refractivity contribution in [3.8, 4) is 0 Å². The zero-order valence-electron chi connectivity index (χ0n) is 8.41. The van der Waals surface area contributed by atoms with Gasteiger partial charge in [-0.2, -0.15) is 0 Å². The summed E-state index contributed by atoms with van der Waals surface area (Å²) in [6, 6.07) is -0.0117. The van der Waals surface area contributed by atoms with E-state index in [-0.39, 0.29) is 6.04 Å². The summed E-state index contributed by atoms with van der Waals surface area (Å²) in [4.78, 5) is 0. The Morgan fingerprint density at radius 1 is 1.57 bits per heavy atom. The highest BCUT2D eigenvalue weighted by Crippen LogP contribution is 2.24. The van der Waals surface area contributed by atoms with Crippen LogP contribution in [0.15, 0.2) is 3.92 Å². The number of anilines is 1. The summed E-state index contributed by atoms with van der Waals surface area (Å²) in [5.41, 5.74) is -0.757. The van der Waals surface area contributed by atoms with Crippen molar-refractivity contribution in [1.29, 1.82) is 0 Å². The van der Waals surface area contributed by atoms with Gasteiger partial charge in [0, 0.05) is 0 Å². The number of rotatable bonds is 4. The molecule has 1 heterocycles. The second-order valence-corrected chi connectivity index (χ2v) is 5.87. The van der Waals surface area contributed by atoms with E-state index >= 15 is 0 Å². The second kappa shape index (κ2) is 4.55. The SMILES string of the molecule is CCC(Nc1nnc(Br)s1)C(C)(C)O. The molecule has 1 aromatic rings. The van der Waals surface area contributed by atoms with Gasteiger partial charge in [-0.05, 0) is 36.2 Å². The van der Waals surface area contributed by atoms with Crippen molar-refractivity contribution >= 4 is 32.4 Å². The minimum Gasteiger partial charge on any atom is -0.388 e. The van der Waals surface area contributed by atoms with E-state index in [1.165, 1.54) is 11.3 Å². The van der Waals surface area contributed by atoms with Crippen LogP contribution in [0.3, 0.4) is 0 Å². The van der Waals surface area contributed by atoms with Gasteiger partial charge in [-0.3, -0.25) is 0 Å². The van der Waals surface area contributed by atoms with Crippen LogP contribution in [0.25, 0.3) is 0 Å². The summed E-state index contributed by atoms with van der Waals surface area (Å²) in [5, 5.41) is 21.5. The fraction of sp³-hybridized carbons (Fsp3) is 0.750. The molecule has 80 valence electrons. The third-order valence-electron chi connectivity index (χ3n) is 1.96. The minimum atomic E-state index is -0.757. The third kappa shape index (κ3) is 3.18. The molecular formula is C8H14BrN3OS. The van der Waals surface area contributed by atoms with E-state index in [2.05, 4.69) is 31.4 Å². The molecule has 1 rings (SSSR count). The standard InChI is InChI=1S/C8H14BrN3OS/c1-4-5(8(2,3)13)10-7-12-11-6(9)14-7/h5,13H,4H2,1-3H3,(H,10,12). The summed E-state index contributed by atoms with van der Waals surface area (Å²) in [6.07, 6.45) is 0.834. The Hall–Kier alpha value is -0.200. The lowest BCUT2D eigenvalue weighted by Crippen LogP contribution is -2.41. The van der Waals surface area contributed by atoms with Crippen molar-refractivity contribution in [1.82, 2.24) is 10.2 Å². The lowest BCUT2D eigenvalue weighted by Gasteiger charge is -2.28.